The topological polar surface area (TPSA) is 53.6 Å². The molecule has 0 aliphatic carbocycles. The second kappa shape index (κ2) is 5.33. The highest BCUT2D eigenvalue weighted by atomic mass is 15.0. The maximum atomic E-state index is 4.39. The molecule has 0 aliphatic heterocycles. The molecule has 4 aromatic rings. The van der Waals surface area contributed by atoms with Crippen molar-refractivity contribution in [2.45, 2.75) is 0 Å². The summed E-state index contributed by atoms with van der Waals surface area (Å²) in [5.74, 6) is 0.821. The molecule has 0 aliphatic rings. The van der Waals surface area contributed by atoms with Gasteiger partial charge in [0.2, 0.25) is 0 Å². The number of aromatic amines is 1. The molecule has 22 heavy (non-hydrogen) atoms. The lowest BCUT2D eigenvalue weighted by molar-refractivity contribution is 1.31. The minimum Gasteiger partial charge on any atom is -0.346 e. The lowest BCUT2D eigenvalue weighted by Crippen LogP contribution is -1.93. The number of pyridine rings is 2. The van der Waals surface area contributed by atoms with Crippen LogP contribution in [-0.2, 0) is 0 Å². The molecule has 1 aromatic carbocycles. The molecule has 0 saturated carbocycles. The fourth-order valence-electron chi connectivity index (χ4n) is 2.53. The maximum Gasteiger partial charge on any atom is 0.137 e. The largest absolute Gasteiger partial charge is 0.346 e. The fourth-order valence-corrected chi connectivity index (χ4v) is 2.53. The van der Waals surface area contributed by atoms with Crippen molar-refractivity contribution in [3.63, 3.8) is 0 Å². The van der Waals surface area contributed by atoms with E-state index in [1.165, 1.54) is 0 Å². The van der Waals surface area contributed by atoms with Crippen LogP contribution in [-0.4, -0.2) is 15.0 Å². The number of rotatable bonds is 3. The summed E-state index contributed by atoms with van der Waals surface area (Å²) >= 11 is 0. The average molecular weight is 286 g/mol. The smallest absolute Gasteiger partial charge is 0.137 e. The van der Waals surface area contributed by atoms with Gasteiger partial charge in [-0.1, -0.05) is 18.2 Å². The predicted molar refractivity (Wildman–Crippen MR) is 89.0 cm³/mol. The molecule has 2 N–H and O–H groups in total. The summed E-state index contributed by atoms with van der Waals surface area (Å²) in [5.41, 5.74) is 4.15. The van der Waals surface area contributed by atoms with Crippen molar-refractivity contribution in [2.24, 2.45) is 0 Å². The number of nitrogens with zero attached hydrogens (tertiary/aromatic N) is 2. The van der Waals surface area contributed by atoms with Crippen molar-refractivity contribution < 1.29 is 0 Å². The van der Waals surface area contributed by atoms with Gasteiger partial charge < -0.3 is 10.3 Å². The van der Waals surface area contributed by atoms with Gasteiger partial charge in [0.15, 0.2) is 0 Å². The number of hydrogen-bond acceptors (Lipinski definition) is 3. The SMILES string of the molecule is c1ccc(Nc2cc(-c3c[nH]c4ncccc34)ccn2)cc1. The lowest BCUT2D eigenvalue weighted by atomic mass is 10.1. The first-order valence-corrected chi connectivity index (χ1v) is 7.11. The van der Waals surface area contributed by atoms with Crippen LogP contribution in [0.3, 0.4) is 0 Å². The van der Waals surface area contributed by atoms with Gasteiger partial charge in [-0.05, 0) is 42.0 Å². The Kier molecular flexibility index (Phi) is 3.05. The Balaban J connectivity index is 1.73. The van der Waals surface area contributed by atoms with Crippen molar-refractivity contribution in [3.8, 4) is 11.1 Å². The summed E-state index contributed by atoms with van der Waals surface area (Å²) in [7, 11) is 0. The van der Waals surface area contributed by atoms with Gasteiger partial charge in [0.1, 0.15) is 11.5 Å². The molecule has 3 heterocycles. The van der Waals surface area contributed by atoms with Crippen LogP contribution in [0.25, 0.3) is 22.2 Å². The summed E-state index contributed by atoms with van der Waals surface area (Å²) in [6, 6.07) is 18.1. The molecule has 0 unspecified atom stereocenters. The lowest BCUT2D eigenvalue weighted by Gasteiger charge is -2.07. The van der Waals surface area contributed by atoms with E-state index in [2.05, 4.69) is 26.3 Å². The van der Waals surface area contributed by atoms with Gasteiger partial charge in [0, 0.05) is 35.2 Å². The van der Waals surface area contributed by atoms with Crippen LogP contribution < -0.4 is 5.32 Å². The highest BCUT2D eigenvalue weighted by molar-refractivity contribution is 5.93. The van der Waals surface area contributed by atoms with E-state index in [-0.39, 0.29) is 0 Å². The van der Waals surface area contributed by atoms with Gasteiger partial charge in [-0.2, -0.15) is 0 Å². The third kappa shape index (κ3) is 2.31. The van der Waals surface area contributed by atoms with E-state index in [1.54, 1.807) is 6.20 Å². The molecule has 0 radical (unpaired) electrons. The number of nitrogens with one attached hydrogen (secondary N) is 2. The van der Waals surface area contributed by atoms with E-state index in [4.69, 9.17) is 0 Å². The highest BCUT2D eigenvalue weighted by Crippen LogP contribution is 2.29. The number of para-hydroxylation sites is 1. The van der Waals surface area contributed by atoms with Crippen molar-refractivity contribution in [3.05, 3.63) is 73.2 Å². The number of fused-ring (bicyclic) bond motifs is 1. The average Bonchev–Trinajstić information content (AvgIpc) is 3.00. The molecule has 4 nitrogen and oxygen atoms in total. The summed E-state index contributed by atoms with van der Waals surface area (Å²) in [6.07, 6.45) is 5.59. The first kappa shape index (κ1) is 12.6. The molecular weight excluding hydrogens is 272 g/mol. The van der Waals surface area contributed by atoms with Gasteiger partial charge in [0.05, 0.1) is 0 Å². The Morgan fingerprint density at radius 1 is 0.864 bits per heavy atom. The Morgan fingerprint density at radius 2 is 1.77 bits per heavy atom. The van der Waals surface area contributed by atoms with Crippen molar-refractivity contribution in [1.29, 1.82) is 0 Å². The second-order valence-corrected chi connectivity index (χ2v) is 5.02. The van der Waals surface area contributed by atoms with Crippen LogP contribution >= 0.6 is 0 Å². The van der Waals surface area contributed by atoms with E-state index < -0.39 is 0 Å². The molecule has 0 saturated heterocycles. The monoisotopic (exact) mass is 286 g/mol. The van der Waals surface area contributed by atoms with E-state index in [9.17, 15) is 0 Å². The Morgan fingerprint density at radius 3 is 2.68 bits per heavy atom. The van der Waals surface area contributed by atoms with Crippen LogP contribution in [0.4, 0.5) is 11.5 Å². The standard InChI is InChI=1S/C18H14N4/c1-2-5-14(6-3-1)22-17-11-13(8-10-19-17)16-12-21-18-15(16)7-4-9-20-18/h1-12H,(H,19,22)(H,20,21). The highest BCUT2D eigenvalue weighted by Gasteiger charge is 2.07. The maximum absolute atomic E-state index is 4.39. The number of anilines is 2. The normalized spacial score (nSPS) is 10.7. The summed E-state index contributed by atoms with van der Waals surface area (Å²) in [4.78, 5) is 11.9. The number of benzene rings is 1. The van der Waals surface area contributed by atoms with Gasteiger partial charge in [-0.15, -0.1) is 0 Å². The Hall–Kier alpha value is -3.14. The molecule has 4 heteroatoms. The third-order valence-electron chi connectivity index (χ3n) is 3.57. The third-order valence-corrected chi connectivity index (χ3v) is 3.57. The van der Waals surface area contributed by atoms with Crippen LogP contribution in [0.2, 0.25) is 0 Å². The van der Waals surface area contributed by atoms with Crippen LogP contribution in [0.15, 0.2) is 73.2 Å². The molecule has 3 aromatic heterocycles. The van der Waals surface area contributed by atoms with Crippen LogP contribution in [0, 0.1) is 0 Å². The molecule has 0 fully saturated rings. The van der Waals surface area contributed by atoms with Gasteiger partial charge in [-0.25, -0.2) is 9.97 Å². The number of H-pyrrole nitrogens is 1. The fraction of sp³-hybridized carbons (Fsp3) is 0. The van der Waals surface area contributed by atoms with Gasteiger partial charge in [-0.3, -0.25) is 0 Å². The molecule has 0 bridgehead atoms. The van der Waals surface area contributed by atoms with Gasteiger partial charge >= 0.3 is 0 Å². The first-order chi connectivity index (χ1) is 10.9. The molecule has 106 valence electrons. The quantitative estimate of drug-likeness (QED) is 0.588. The zero-order valence-corrected chi connectivity index (χ0v) is 11.8. The Labute approximate surface area is 127 Å². The van der Waals surface area contributed by atoms with E-state index in [0.29, 0.717) is 0 Å². The Bertz CT molecular complexity index is 912. The second-order valence-electron chi connectivity index (χ2n) is 5.02. The van der Waals surface area contributed by atoms with Crippen LogP contribution in [0.5, 0.6) is 0 Å². The van der Waals surface area contributed by atoms with Crippen molar-refractivity contribution in [2.75, 3.05) is 5.32 Å². The minimum atomic E-state index is 0.821. The molecule has 0 spiro atoms. The van der Waals surface area contributed by atoms with E-state index >= 15 is 0 Å². The molecule has 0 atom stereocenters. The van der Waals surface area contributed by atoms with Crippen molar-refractivity contribution in [1.82, 2.24) is 15.0 Å². The molecule has 0 amide bonds. The number of hydrogen-bond donors (Lipinski definition) is 2. The summed E-state index contributed by atoms with van der Waals surface area (Å²) in [6.45, 7) is 0. The van der Waals surface area contributed by atoms with Crippen LogP contribution in [0.1, 0.15) is 0 Å². The zero-order chi connectivity index (χ0) is 14.8. The summed E-state index contributed by atoms with van der Waals surface area (Å²) in [5, 5.41) is 4.43. The first-order valence-electron chi connectivity index (χ1n) is 7.11. The predicted octanol–water partition coefficient (Wildman–Crippen LogP) is 4.37. The van der Waals surface area contributed by atoms with E-state index in [1.807, 2.05) is 60.9 Å². The van der Waals surface area contributed by atoms with E-state index in [0.717, 1.165) is 33.7 Å². The van der Waals surface area contributed by atoms with Crippen molar-refractivity contribution >= 4 is 22.5 Å². The number of aromatic nitrogens is 3. The van der Waals surface area contributed by atoms with Gasteiger partial charge in [0.25, 0.3) is 0 Å². The summed E-state index contributed by atoms with van der Waals surface area (Å²) < 4.78 is 0. The zero-order valence-electron chi connectivity index (χ0n) is 11.8. The molecule has 4 rings (SSSR count). The minimum absolute atomic E-state index is 0.821. The molecular formula is C18H14N4.